The van der Waals surface area contributed by atoms with Crippen LogP contribution in [0.15, 0.2) is 36.4 Å². The highest BCUT2D eigenvalue weighted by Gasteiger charge is 2.15. The van der Waals surface area contributed by atoms with Crippen molar-refractivity contribution in [1.82, 2.24) is 0 Å². The Morgan fingerprint density at radius 2 is 1.12 bits per heavy atom. The summed E-state index contributed by atoms with van der Waals surface area (Å²) in [7, 11) is 2.96. The van der Waals surface area contributed by atoms with Crippen molar-refractivity contribution < 1.29 is 23.9 Å². The molecule has 0 aliphatic rings. The Hall–Kier alpha value is -3.35. The zero-order valence-electron chi connectivity index (χ0n) is 15.0. The molecule has 0 atom stereocenters. The molecule has 0 fully saturated rings. The molecule has 0 heterocycles. The third kappa shape index (κ3) is 4.38. The molecule has 0 aromatic heterocycles. The summed E-state index contributed by atoms with van der Waals surface area (Å²) in [5.41, 5.74) is 1.55. The smallest absolute Gasteiger partial charge is 0.221 e. The average Bonchev–Trinajstić information content (AvgIpc) is 2.60. The summed E-state index contributed by atoms with van der Waals surface area (Å²) in [4.78, 5) is 35.5. The summed E-state index contributed by atoms with van der Waals surface area (Å²) in [5.74, 6) is 0.0833. The van der Waals surface area contributed by atoms with Gasteiger partial charge in [0.25, 0.3) is 0 Å². The molecule has 0 spiro atoms. The molecule has 0 bridgehead atoms. The van der Waals surface area contributed by atoms with Crippen LogP contribution in [0, 0.1) is 0 Å². The molecule has 0 unspecified atom stereocenters. The summed E-state index contributed by atoms with van der Waals surface area (Å²) in [6.07, 6.45) is 0. The van der Waals surface area contributed by atoms with Crippen LogP contribution in [0.4, 0.5) is 11.4 Å². The van der Waals surface area contributed by atoms with Crippen LogP contribution in [0.1, 0.15) is 29.8 Å². The fraction of sp³-hybridized carbons (Fsp3) is 0.211. The van der Waals surface area contributed by atoms with Gasteiger partial charge in [-0.2, -0.15) is 0 Å². The normalized spacial score (nSPS) is 10.0. The summed E-state index contributed by atoms with van der Waals surface area (Å²) in [5, 5.41) is 5.27. The van der Waals surface area contributed by atoms with Crippen molar-refractivity contribution in [1.29, 1.82) is 0 Å². The van der Waals surface area contributed by atoms with Gasteiger partial charge < -0.3 is 20.1 Å². The predicted octanol–water partition coefficient (Wildman–Crippen LogP) is 2.85. The van der Waals surface area contributed by atoms with E-state index in [1.165, 1.54) is 28.1 Å². The Labute approximate surface area is 151 Å². The van der Waals surface area contributed by atoms with Gasteiger partial charge in [-0.05, 0) is 36.4 Å². The van der Waals surface area contributed by atoms with Crippen molar-refractivity contribution in [2.45, 2.75) is 13.8 Å². The zero-order valence-corrected chi connectivity index (χ0v) is 15.0. The Kier molecular flexibility index (Phi) is 5.95. The second-order valence-corrected chi connectivity index (χ2v) is 5.52. The summed E-state index contributed by atoms with van der Waals surface area (Å²) >= 11 is 0. The van der Waals surface area contributed by atoms with Gasteiger partial charge in [0.2, 0.25) is 11.8 Å². The number of anilines is 2. The SMILES string of the molecule is COc1ccc(C(=O)c2ccc(OC)c(NC(C)=O)c2)cc1NC(C)=O. The van der Waals surface area contributed by atoms with E-state index < -0.39 is 0 Å². The number of ketones is 1. The highest BCUT2D eigenvalue weighted by Crippen LogP contribution is 2.29. The largest absolute Gasteiger partial charge is 0.495 e. The number of methoxy groups -OCH3 is 2. The standard InChI is InChI=1S/C19H20N2O5/c1-11(22)20-15-9-13(5-7-17(15)25-3)19(24)14-6-8-18(26-4)16(10-14)21-12(2)23/h5-10H,1-4H3,(H,20,22)(H,21,23). The third-order valence-electron chi connectivity index (χ3n) is 3.54. The Balaban J connectivity index is 2.42. The van der Waals surface area contributed by atoms with Crippen LogP contribution in [0.25, 0.3) is 0 Å². The topological polar surface area (TPSA) is 93.7 Å². The first-order valence-corrected chi connectivity index (χ1v) is 7.81. The molecule has 2 aromatic carbocycles. The van der Waals surface area contributed by atoms with Gasteiger partial charge in [0.1, 0.15) is 11.5 Å². The van der Waals surface area contributed by atoms with E-state index in [1.807, 2.05) is 0 Å². The quantitative estimate of drug-likeness (QED) is 0.776. The number of hydrogen-bond donors (Lipinski definition) is 2. The molecule has 2 N–H and O–H groups in total. The van der Waals surface area contributed by atoms with Crippen molar-refractivity contribution in [3.63, 3.8) is 0 Å². The van der Waals surface area contributed by atoms with Crippen LogP contribution in [0.2, 0.25) is 0 Å². The molecule has 0 aliphatic heterocycles. The molecular formula is C19H20N2O5. The lowest BCUT2D eigenvalue weighted by molar-refractivity contribution is -0.115. The molecule has 136 valence electrons. The lowest BCUT2D eigenvalue weighted by Gasteiger charge is -2.12. The minimum Gasteiger partial charge on any atom is -0.495 e. The van der Waals surface area contributed by atoms with E-state index in [-0.39, 0.29) is 17.6 Å². The van der Waals surface area contributed by atoms with Crippen molar-refractivity contribution in [2.75, 3.05) is 24.9 Å². The lowest BCUT2D eigenvalue weighted by Crippen LogP contribution is -2.10. The third-order valence-corrected chi connectivity index (χ3v) is 3.54. The molecule has 2 aromatic rings. The summed E-state index contributed by atoms with van der Waals surface area (Å²) < 4.78 is 10.4. The number of amides is 2. The van der Waals surface area contributed by atoms with Gasteiger partial charge in [-0.15, -0.1) is 0 Å². The Morgan fingerprint density at radius 1 is 0.731 bits per heavy atom. The minimum absolute atomic E-state index is 0.270. The number of hydrogen-bond acceptors (Lipinski definition) is 5. The van der Waals surface area contributed by atoms with Gasteiger partial charge in [-0.25, -0.2) is 0 Å². The first kappa shape index (κ1) is 19.0. The van der Waals surface area contributed by atoms with Crippen molar-refractivity contribution >= 4 is 29.0 Å². The highest BCUT2D eigenvalue weighted by atomic mass is 16.5. The van der Waals surface area contributed by atoms with E-state index in [4.69, 9.17) is 9.47 Å². The van der Waals surface area contributed by atoms with E-state index >= 15 is 0 Å². The first-order valence-electron chi connectivity index (χ1n) is 7.81. The van der Waals surface area contributed by atoms with Crippen molar-refractivity contribution in [3.8, 4) is 11.5 Å². The summed E-state index contributed by atoms with van der Waals surface area (Å²) in [6, 6.07) is 9.52. The maximum absolute atomic E-state index is 12.8. The van der Waals surface area contributed by atoms with Crippen molar-refractivity contribution in [3.05, 3.63) is 47.5 Å². The van der Waals surface area contributed by atoms with Crippen molar-refractivity contribution in [2.24, 2.45) is 0 Å². The number of ether oxygens (including phenoxy) is 2. The van der Waals surface area contributed by atoms with Gasteiger partial charge in [0, 0.05) is 25.0 Å². The molecule has 26 heavy (non-hydrogen) atoms. The molecule has 2 amide bonds. The maximum Gasteiger partial charge on any atom is 0.221 e. The molecule has 0 saturated heterocycles. The van der Waals surface area contributed by atoms with E-state index in [9.17, 15) is 14.4 Å². The average molecular weight is 356 g/mol. The maximum atomic E-state index is 12.8. The second kappa shape index (κ2) is 8.15. The molecule has 7 nitrogen and oxygen atoms in total. The van der Waals surface area contributed by atoms with Gasteiger partial charge in [-0.3, -0.25) is 14.4 Å². The van der Waals surface area contributed by atoms with E-state index in [0.717, 1.165) is 0 Å². The monoisotopic (exact) mass is 356 g/mol. The minimum atomic E-state index is -0.273. The summed E-state index contributed by atoms with van der Waals surface area (Å²) in [6.45, 7) is 2.74. The number of carbonyl (C=O) groups excluding carboxylic acids is 3. The van der Waals surface area contributed by atoms with Crippen LogP contribution >= 0.6 is 0 Å². The highest BCUT2D eigenvalue weighted by molar-refractivity contribution is 6.11. The van der Waals surface area contributed by atoms with E-state index in [2.05, 4.69) is 10.6 Å². The Morgan fingerprint density at radius 3 is 1.42 bits per heavy atom. The predicted molar refractivity (Wildman–Crippen MR) is 98.0 cm³/mol. The van der Waals surface area contributed by atoms with Crippen LogP contribution in [0.3, 0.4) is 0 Å². The molecule has 2 rings (SSSR count). The van der Waals surface area contributed by atoms with Gasteiger partial charge in [-0.1, -0.05) is 0 Å². The van der Waals surface area contributed by atoms with Gasteiger partial charge in [0.05, 0.1) is 25.6 Å². The number of benzene rings is 2. The molecule has 0 radical (unpaired) electrons. The lowest BCUT2D eigenvalue weighted by atomic mass is 10.0. The van der Waals surface area contributed by atoms with Crippen LogP contribution < -0.4 is 20.1 Å². The molecule has 0 aliphatic carbocycles. The molecular weight excluding hydrogens is 336 g/mol. The van der Waals surface area contributed by atoms with Crippen LogP contribution in [-0.4, -0.2) is 31.8 Å². The fourth-order valence-electron chi connectivity index (χ4n) is 2.44. The second-order valence-electron chi connectivity index (χ2n) is 5.52. The molecule has 7 heteroatoms. The van der Waals surface area contributed by atoms with E-state index in [1.54, 1.807) is 36.4 Å². The van der Waals surface area contributed by atoms with Gasteiger partial charge in [0.15, 0.2) is 5.78 Å². The zero-order chi connectivity index (χ0) is 19.3. The van der Waals surface area contributed by atoms with Crippen LogP contribution in [0.5, 0.6) is 11.5 Å². The number of carbonyl (C=O) groups is 3. The Bertz CT molecular complexity index is 792. The first-order chi connectivity index (χ1) is 12.3. The molecule has 0 saturated carbocycles. The fourth-order valence-corrected chi connectivity index (χ4v) is 2.44. The van der Waals surface area contributed by atoms with Gasteiger partial charge >= 0.3 is 0 Å². The van der Waals surface area contributed by atoms with E-state index in [0.29, 0.717) is 34.0 Å². The number of nitrogens with one attached hydrogen (secondary N) is 2. The van der Waals surface area contributed by atoms with Crippen LogP contribution in [-0.2, 0) is 9.59 Å². The number of rotatable bonds is 6.